The molecule has 10 nitrogen and oxygen atoms in total. The fraction of sp³-hybridized carbons (Fsp3) is 0.286. The summed E-state index contributed by atoms with van der Waals surface area (Å²) in [6, 6.07) is 7.66. The molecule has 3 aromatic rings. The van der Waals surface area contributed by atoms with Gasteiger partial charge in [0.15, 0.2) is 5.16 Å². The highest BCUT2D eigenvalue weighted by Crippen LogP contribution is 2.28. The predicted molar refractivity (Wildman–Crippen MR) is 122 cm³/mol. The molecule has 0 radical (unpaired) electrons. The van der Waals surface area contributed by atoms with Crippen molar-refractivity contribution < 1.29 is 14.3 Å². The number of hydrogen-bond donors (Lipinski definition) is 1. The van der Waals surface area contributed by atoms with Crippen LogP contribution < -0.4 is 15.1 Å². The van der Waals surface area contributed by atoms with Gasteiger partial charge in [0.25, 0.3) is 5.91 Å². The Hall–Kier alpha value is -3.60. The summed E-state index contributed by atoms with van der Waals surface area (Å²) in [5.74, 6) is 0.508. The Morgan fingerprint density at radius 3 is 2.84 bits per heavy atom. The summed E-state index contributed by atoms with van der Waals surface area (Å²) in [5.41, 5.74) is 2.78. The second-order valence-electron chi connectivity index (χ2n) is 7.11. The van der Waals surface area contributed by atoms with E-state index in [0.717, 1.165) is 11.4 Å². The molecule has 3 heterocycles. The molecular formula is C21H23N7O3S. The third-order valence-electron chi connectivity index (χ3n) is 5.10. The number of alkyl carbamates (subject to hydrolysis) is 1. The van der Waals surface area contributed by atoms with Crippen LogP contribution >= 0.6 is 11.8 Å². The highest BCUT2D eigenvalue weighted by Gasteiger charge is 2.28. The van der Waals surface area contributed by atoms with E-state index in [0.29, 0.717) is 35.3 Å². The van der Waals surface area contributed by atoms with Crippen LogP contribution in [0.1, 0.15) is 16.1 Å². The Labute approximate surface area is 189 Å². The van der Waals surface area contributed by atoms with Crippen molar-refractivity contribution in [3.8, 4) is 5.69 Å². The minimum absolute atomic E-state index is 0.136. The van der Waals surface area contributed by atoms with E-state index in [2.05, 4.69) is 25.0 Å². The number of rotatable bonds is 5. The fourth-order valence-electron chi connectivity index (χ4n) is 3.40. The van der Waals surface area contributed by atoms with Crippen molar-refractivity contribution in [2.75, 3.05) is 43.3 Å². The maximum atomic E-state index is 13.4. The molecule has 1 aliphatic rings. The van der Waals surface area contributed by atoms with Crippen LogP contribution in [-0.2, 0) is 11.3 Å². The van der Waals surface area contributed by atoms with E-state index in [1.165, 1.54) is 18.9 Å². The van der Waals surface area contributed by atoms with Crippen molar-refractivity contribution in [1.82, 2.24) is 24.8 Å². The first-order valence-corrected chi connectivity index (χ1v) is 11.1. The van der Waals surface area contributed by atoms with E-state index in [-0.39, 0.29) is 12.5 Å². The summed E-state index contributed by atoms with van der Waals surface area (Å²) < 4.78 is 6.42. The van der Waals surface area contributed by atoms with Gasteiger partial charge in [-0.2, -0.15) is 0 Å². The van der Waals surface area contributed by atoms with Crippen LogP contribution in [0, 0.1) is 0 Å². The fourth-order valence-corrected chi connectivity index (χ4v) is 3.73. The number of hydrogen-bond acceptors (Lipinski definition) is 8. The molecule has 2 amide bonds. The van der Waals surface area contributed by atoms with Crippen LogP contribution in [0.25, 0.3) is 5.69 Å². The van der Waals surface area contributed by atoms with Crippen LogP contribution in [0.5, 0.6) is 0 Å². The van der Waals surface area contributed by atoms with Gasteiger partial charge in [-0.3, -0.25) is 4.79 Å². The lowest BCUT2D eigenvalue weighted by Gasteiger charge is -2.21. The molecule has 0 bridgehead atoms. The van der Waals surface area contributed by atoms with Gasteiger partial charge < -0.3 is 24.4 Å². The minimum Gasteiger partial charge on any atom is -0.453 e. The number of nitrogens with one attached hydrogen (secondary N) is 1. The molecule has 0 saturated heterocycles. The monoisotopic (exact) mass is 453 g/mol. The number of anilines is 2. The molecule has 1 N–H and O–H groups in total. The zero-order valence-electron chi connectivity index (χ0n) is 18.0. The first kappa shape index (κ1) is 21.6. The number of nitrogens with zero attached hydrogens (tertiary/aromatic N) is 6. The van der Waals surface area contributed by atoms with Crippen LogP contribution in [0.2, 0.25) is 0 Å². The van der Waals surface area contributed by atoms with Crippen LogP contribution in [0.3, 0.4) is 0 Å². The molecule has 0 saturated carbocycles. The average Bonchev–Trinajstić information content (AvgIpc) is 3.26. The maximum absolute atomic E-state index is 13.4. The zero-order chi connectivity index (χ0) is 22.7. The number of carbonyl (C=O) groups excluding carboxylic acids is 2. The standard InChI is InChI=1S/C21H23N7O3S/c1-26-7-8-28(19(29)17-11-22-20(32-3)25-18(17)26)16-6-4-5-15(9-16)27-12-14(24-13-27)10-23-21(30)31-2/h4-6,9,11-13H,7-8,10H2,1-3H3,(H,23,30). The average molecular weight is 454 g/mol. The Morgan fingerprint density at radius 1 is 1.25 bits per heavy atom. The van der Waals surface area contributed by atoms with Gasteiger partial charge in [0.2, 0.25) is 0 Å². The maximum Gasteiger partial charge on any atom is 0.407 e. The Morgan fingerprint density at radius 2 is 2.06 bits per heavy atom. The molecule has 0 aliphatic carbocycles. The van der Waals surface area contributed by atoms with Crippen molar-refractivity contribution in [1.29, 1.82) is 0 Å². The quantitative estimate of drug-likeness (QED) is 0.464. The van der Waals surface area contributed by atoms with Gasteiger partial charge in [-0.25, -0.2) is 19.7 Å². The molecule has 0 unspecified atom stereocenters. The number of methoxy groups -OCH3 is 1. The molecular weight excluding hydrogens is 430 g/mol. The Balaban J connectivity index is 1.60. The van der Waals surface area contributed by atoms with Crippen LogP contribution in [0.4, 0.5) is 16.3 Å². The Bertz CT molecular complexity index is 1150. The number of aromatic nitrogens is 4. The van der Waals surface area contributed by atoms with Gasteiger partial charge in [-0.15, -0.1) is 0 Å². The van der Waals surface area contributed by atoms with Gasteiger partial charge >= 0.3 is 6.09 Å². The number of benzene rings is 1. The summed E-state index contributed by atoms with van der Waals surface area (Å²) >= 11 is 1.44. The van der Waals surface area contributed by atoms with E-state index in [1.54, 1.807) is 17.4 Å². The summed E-state index contributed by atoms with van der Waals surface area (Å²) in [6.07, 6.45) is 6.48. The number of likely N-dealkylation sites (N-methyl/N-ethyl adjacent to an activating group) is 1. The highest BCUT2D eigenvalue weighted by molar-refractivity contribution is 7.98. The third kappa shape index (κ3) is 4.37. The van der Waals surface area contributed by atoms with E-state index < -0.39 is 6.09 Å². The second kappa shape index (κ2) is 9.27. The molecule has 1 aromatic carbocycles. The van der Waals surface area contributed by atoms with Crippen LogP contribution in [0.15, 0.2) is 48.1 Å². The smallest absolute Gasteiger partial charge is 0.407 e. The molecule has 166 valence electrons. The van der Waals surface area contributed by atoms with E-state index >= 15 is 0 Å². The van der Waals surface area contributed by atoms with Gasteiger partial charge in [-0.05, 0) is 24.5 Å². The number of imidazole rings is 1. The normalized spacial score (nSPS) is 13.5. The van der Waals surface area contributed by atoms with Gasteiger partial charge in [0, 0.05) is 43.9 Å². The van der Waals surface area contributed by atoms with Crippen molar-refractivity contribution in [3.63, 3.8) is 0 Å². The number of thioether (sulfide) groups is 1. The molecule has 0 fully saturated rings. The minimum atomic E-state index is -0.514. The lowest BCUT2D eigenvalue weighted by Crippen LogP contribution is -2.33. The molecule has 32 heavy (non-hydrogen) atoms. The van der Waals surface area contributed by atoms with Gasteiger partial charge in [0.05, 0.1) is 25.7 Å². The second-order valence-corrected chi connectivity index (χ2v) is 7.88. The topological polar surface area (TPSA) is 105 Å². The molecule has 0 atom stereocenters. The van der Waals surface area contributed by atoms with Crippen LogP contribution in [-0.4, -0.2) is 65.0 Å². The number of carbonyl (C=O) groups is 2. The third-order valence-corrected chi connectivity index (χ3v) is 5.66. The number of ether oxygens (including phenoxy) is 1. The summed E-state index contributed by atoms with van der Waals surface area (Å²) in [5, 5.41) is 3.24. The Kier molecular flexibility index (Phi) is 6.26. The summed E-state index contributed by atoms with van der Waals surface area (Å²) in [6.45, 7) is 1.41. The largest absolute Gasteiger partial charge is 0.453 e. The van der Waals surface area contributed by atoms with E-state index in [1.807, 2.05) is 53.2 Å². The number of fused-ring (bicyclic) bond motifs is 1. The molecule has 0 spiro atoms. The zero-order valence-corrected chi connectivity index (χ0v) is 18.8. The first-order chi connectivity index (χ1) is 15.5. The lowest BCUT2D eigenvalue weighted by atomic mass is 10.2. The summed E-state index contributed by atoms with van der Waals surface area (Å²) in [4.78, 5) is 41.5. The van der Waals surface area contributed by atoms with Crippen molar-refractivity contribution in [3.05, 3.63) is 54.2 Å². The predicted octanol–water partition coefficient (Wildman–Crippen LogP) is 2.34. The van der Waals surface area contributed by atoms with E-state index in [4.69, 9.17) is 0 Å². The van der Waals surface area contributed by atoms with Gasteiger partial charge in [0.1, 0.15) is 11.4 Å². The van der Waals surface area contributed by atoms with Crippen molar-refractivity contribution in [2.45, 2.75) is 11.7 Å². The highest BCUT2D eigenvalue weighted by atomic mass is 32.2. The van der Waals surface area contributed by atoms with Gasteiger partial charge in [-0.1, -0.05) is 17.8 Å². The SMILES string of the molecule is COC(=O)NCc1cn(-c2cccc(N3CCN(C)c4nc(SC)ncc4C3=O)c2)cn1. The molecule has 4 rings (SSSR count). The molecule has 1 aliphatic heterocycles. The molecule has 11 heteroatoms. The first-order valence-electron chi connectivity index (χ1n) is 9.89. The lowest BCUT2D eigenvalue weighted by molar-refractivity contribution is 0.0989. The number of amides is 2. The van der Waals surface area contributed by atoms with Crippen molar-refractivity contribution >= 4 is 35.3 Å². The van der Waals surface area contributed by atoms with E-state index in [9.17, 15) is 9.59 Å². The van der Waals surface area contributed by atoms with Crippen molar-refractivity contribution in [2.24, 2.45) is 0 Å². The summed E-state index contributed by atoms with van der Waals surface area (Å²) in [7, 11) is 3.24. The molecule has 2 aromatic heterocycles.